The van der Waals surface area contributed by atoms with Crippen molar-refractivity contribution in [3.63, 3.8) is 0 Å². The molecule has 1 saturated heterocycles. The van der Waals surface area contributed by atoms with Gasteiger partial charge in [-0.2, -0.15) is 0 Å². The van der Waals surface area contributed by atoms with Crippen molar-refractivity contribution in [1.29, 1.82) is 0 Å². The molecule has 94 valence electrons. The fourth-order valence-corrected chi connectivity index (χ4v) is 2.91. The average Bonchev–Trinajstić information content (AvgIpc) is 2.37. The third-order valence-corrected chi connectivity index (χ3v) is 3.67. The first-order valence-corrected chi connectivity index (χ1v) is 6.29. The molecule has 1 unspecified atom stereocenters. The highest BCUT2D eigenvalue weighted by Gasteiger charge is 2.33. The van der Waals surface area contributed by atoms with E-state index < -0.39 is 11.9 Å². The summed E-state index contributed by atoms with van der Waals surface area (Å²) in [4.78, 5) is 24.6. The van der Waals surface area contributed by atoms with Crippen molar-refractivity contribution in [3.05, 3.63) is 35.4 Å². The van der Waals surface area contributed by atoms with E-state index in [2.05, 4.69) is 16.9 Å². The second-order valence-corrected chi connectivity index (χ2v) is 4.86. The summed E-state index contributed by atoms with van der Waals surface area (Å²) in [6.07, 6.45) is 3.18. The smallest absolute Gasteiger partial charge is 0.327 e. The maximum absolute atomic E-state index is 11.4. The van der Waals surface area contributed by atoms with Crippen molar-refractivity contribution in [3.8, 4) is 0 Å². The number of benzene rings is 1. The van der Waals surface area contributed by atoms with E-state index in [-0.39, 0.29) is 19.1 Å². The lowest BCUT2D eigenvalue weighted by molar-refractivity contribution is -0.168. The number of carbonyl (C=O) groups excluding carboxylic acids is 2. The number of rotatable bonds is 1. The second kappa shape index (κ2) is 4.53. The van der Waals surface area contributed by atoms with E-state index in [1.165, 1.54) is 11.1 Å². The zero-order chi connectivity index (χ0) is 12.5. The molecule has 3 rings (SSSR count). The van der Waals surface area contributed by atoms with Crippen LogP contribution in [0.1, 0.15) is 30.0 Å². The van der Waals surface area contributed by atoms with Crippen molar-refractivity contribution in [1.82, 2.24) is 4.90 Å². The van der Waals surface area contributed by atoms with Crippen molar-refractivity contribution < 1.29 is 14.3 Å². The van der Waals surface area contributed by atoms with Gasteiger partial charge in [-0.25, -0.2) is 0 Å². The first kappa shape index (κ1) is 11.4. The van der Waals surface area contributed by atoms with Crippen LogP contribution in [0, 0.1) is 0 Å². The van der Waals surface area contributed by atoms with Crippen LogP contribution >= 0.6 is 0 Å². The second-order valence-electron chi connectivity index (χ2n) is 4.86. The van der Waals surface area contributed by atoms with Gasteiger partial charge in [0.15, 0.2) is 0 Å². The SMILES string of the molecule is O=C1CN(C2CCCc3ccccc32)CC(=O)O1. The van der Waals surface area contributed by atoms with Crippen LogP contribution in [0.15, 0.2) is 24.3 Å². The van der Waals surface area contributed by atoms with E-state index in [4.69, 9.17) is 0 Å². The predicted molar refractivity (Wildman–Crippen MR) is 64.8 cm³/mol. The summed E-state index contributed by atoms with van der Waals surface area (Å²) in [7, 11) is 0. The summed E-state index contributed by atoms with van der Waals surface area (Å²) < 4.78 is 4.58. The van der Waals surface area contributed by atoms with E-state index in [1.807, 2.05) is 17.0 Å². The minimum Gasteiger partial charge on any atom is -0.391 e. The van der Waals surface area contributed by atoms with E-state index in [0.29, 0.717) is 0 Å². The van der Waals surface area contributed by atoms with Crippen LogP contribution in [-0.2, 0) is 20.7 Å². The molecule has 1 aromatic carbocycles. The number of ether oxygens (including phenoxy) is 1. The molecule has 4 nitrogen and oxygen atoms in total. The van der Waals surface area contributed by atoms with Gasteiger partial charge in [0.2, 0.25) is 0 Å². The first-order valence-electron chi connectivity index (χ1n) is 6.29. The maximum atomic E-state index is 11.4. The molecular weight excluding hydrogens is 230 g/mol. The van der Waals surface area contributed by atoms with E-state index in [1.54, 1.807) is 0 Å². The Labute approximate surface area is 106 Å². The van der Waals surface area contributed by atoms with Gasteiger partial charge in [-0.1, -0.05) is 24.3 Å². The summed E-state index contributed by atoms with van der Waals surface area (Å²) in [6, 6.07) is 8.46. The zero-order valence-corrected chi connectivity index (χ0v) is 10.1. The molecule has 1 aliphatic heterocycles. The van der Waals surface area contributed by atoms with Gasteiger partial charge in [0, 0.05) is 6.04 Å². The van der Waals surface area contributed by atoms with Crippen LogP contribution in [0.2, 0.25) is 0 Å². The minimum atomic E-state index is -0.436. The van der Waals surface area contributed by atoms with Crippen LogP contribution in [0.4, 0.5) is 0 Å². The number of nitrogens with zero attached hydrogens (tertiary/aromatic N) is 1. The molecule has 0 aromatic heterocycles. The molecule has 2 aliphatic rings. The first-order chi connectivity index (χ1) is 8.74. The Balaban J connectivity index is 1.89. The third kappa shape index (κ3) is 2.04. The summed E-state index contributed by atoms with van der Waals surface area (Å²) in [6.45, 7) is 0.426. The van der Waals surface area contributed by atoms with Gasteiger partial charge < -0.3 is 4.74 Å². The van der Waals surface area contributed by atoms with Gasteiger partial charge in [-0.15, -0.1) is 0 Å². The number of aryl methyl sites for hydroxylation is 1. The fourth-order valence-electron chi connectivity index (χ4n) is 2.91. The number of hydrogen-bond acceptors (Lipinski definition) is 4. The molecule has 0 N–H and O–H groups in total. The molecule has 1 atom stereocenters. The van der Waals surface area contributed by atoms with E-state index in [0.717, 1.165) is 19.3 Å². The quantitative estimate of drug-likeness (QED) is 0.555. The van der Waals surface area contributed by atoms with Crippen LogP contribution < -0.4 is 0 Å². The zero-order valence-electron chi connectivity index (χ0n) is 10.1. The maximum Gasteiger partial charge on any atom is 0.327 e. The van der Waals surface area contributed by atoms with Crippen LogP contribution in [0.25, 0.3) is 0 Å². The molecule has 4 heteroatoms. The highest BCUT2D eigenvalue weighted by molar-refractivity contribution is 5.90. The summed E-state index contributed by atoms with van der Waals surface area (Å²) in [5.74, 6) is -0.872. The molecule has 1 fully saturated rings. The summed E-state index contributed by atoms with van der Waals surface area (Å²) in [5.41, 5.74) is 2.59. The monoisotopic (exact) mass is 245 g/mol. The minimum absolute atomic E-state index is 0.173. The molecule has 1 aliphatic carbocycles. The molecule has 18 heavy (non-hydrogen) atoms. The van der Waals surface area contributed by atoms with E-state index >= 15 is 0 Å². The Bertz CT molecular complexity index is 482. The fraction of sp³-hybridized carbons (Fsp3) is 0.429. The number of cyclic esters (lactones) is 2. The van der Waals surface area contributed by atoms with Gasteiger partial charge in [-0.05, 0) is 30.4 Å². The third-order valence-electron chi connectivity index (χ3n) is 3.67. The van der Waals surface area contributed by atoms with Gasteiger partial charge in [0.1, 0.15) is 0 Å². The number of esters is 2. The lowest BCUT2D eigenvalue weighted by Gasteiger charge is -2.36. The number of hydrogen-bond donors (Lipinski definition) is 0. The molecule has 1 heterocycles. The Hall–Kier alpha value is -1.68. The van der Waals surface area contributed by atoms with Crippen LogP contribution in [-0.4, -0.2) is 29.9 Å². The summed E-state index contributed by atoms with van der Waals surface area (Å²) in [5, 5.41) is 0. The lowest BCUT2D eigenvalue weighted by Crippen LogP contribution is -2.45. The molecule has 0 bridgehead atoms. The molecule has 1 aromatic rings. The topological polar surface area (TPSA) is 46.6 Å². The average molecular weight is 245 g/mol. The number of fused-ring (bicyclic) bond motifs is 1. The Morgan fingerprint density at radius 1 is 1.11 bits per heavy atom. The van der Waals surface area contributed by atoms with Crippen LogP contribution in [0.5, 0.6) is 0 Å². The number of carbonyl (C=O) groups is 2. The Morgan fingerprint density at radius 2 is 1.83 bits per heavy atom. The molecule has 0 spiro atoms. The molecule has 0 radical (unpaired) electrons. The Morgan fingerprint density at radius 3 is 2.61 bits per heavy atom. The van der Waals surface area contributed by atoms with Crippen molar-refractivity contribution in [2.24, 2.45) is 0 Å². The highest BCUT2D eigenvalue weighted by atomic mass is 16.6. The van der Waals surface area contributed by atoms with Crippen molar-refractivity contribution in [2.45, 2.75) is 25.3 Å². The normalized spacial score (nSPS) is 24.6. The molecule has 0 saturated carbocycles. The van der Waals surface area contributed by atoms with Crippen molar-refractivity contribution in [2.75, 3.05) is 13.1 Å². The van der Waals surface area contributed by atoms with Crippen molar-refractivity contribution >= 4 is 11.9 Å². The Kier molecular flexibility index (Phi) is 2.88. The van der Waals surface area contributed by atoms with Gasteiger partial charge >= 0.3 is 11.9 Å². The summed E-state index contributed by atoms with van der Waals surface area (Å²) >= 11 is 0. The largest absolute Gasteiger partial charge is 0.391 e. The van der Waals surface area contributed by atoms with Gasteiger partial charge in [0.25, 0.3) is 0 Å². The molecular formula is C14H15NO3. The van der Waals surface area contributed by atoms with E-state index in [9.17, 15) is 9.59 Å². The number of morpholine rings is 1. The van der Waals surface area contributed by atoms with Gasteiger partial charge in [0.05, 0.1) is 13.1 Å². The lowest BCUT2D eigenvalue weighted by atomic mass is 9.86. The predicted octanol–water partition coefficient (Wildman–Crippen LogP) is 1.45. The standard InChI is InChI=1S/C14H15NO3/c16-13-8-15(9-14(17)18-13)12-7-3-5-10-4-1-2-6-11(10)12/h1-2,4,6,12H,3,5,7-9H2. The van der Waals surface area contributed by atoms with Crippen LogP contribution in [0.3, 0.4) is 0 Å². The molecule has 0 amide bonds. The highest BCUT2D eigenvalue weighted by Crippen LogP contribution is 2.34. The van der Waals surface area contributed by atoms with Gasteiger partial charge in [-0.3, -0.25) is 14.5 Å².